The van der Waals surface area contributed by atoms with Crippen molar-refractivity contribution in [3.8, 4) is 5.75 Å². The first-order chi connectivity index (χ1) is 13.2. The molecule has 0 heterocycles. The molecule has 28 heavy (non-hydrogen) atoms. The molecule has 2 aromatic carbocycles. The van der Waals surface area contributed by atoms with Crippen LogP contribution in [0.4, 0.5) is 17.6 Å². The molecular weight excluding hydrogens is 392 g/mol. The van der Waals surface area contributed by atoms with E-state index in [1.807, 2.05) is 6.08 Å². The topological polar surface area (TPSA) is 9.23 Å². The van der Waals surface area contributed by atoms with Crippen LogP contribution in [0.5, 0.6) is 5.75 Å². The monoisotopic (exact) mass is 412 g/mol. The third kappa shape index (κ3) is 5.07. The Morgan fingerprint density at radius 2 is 1.57 bits per heavy atom. The van der Waals surface area contributed by atoms with Crippen LogP contribution in [0.15, 0.2) is 42.5 Å². The summed E-state index contributed by atoms with van der Waals surface area (Å²) in [6, 6.07) is 7.06. The average Bonchev–Trinajstić information content (AvgIpc) is 2.66. The van der Waals surface area contributed by atoms with Gasteiger partial charge in [-0.05, 0) is 54.5 Å². The lowest BCUT2D eigenvalue weighted by molar-refractivity contribution is -0.185. The van der Waals surface area contributed by atoms with E-state index < -0.39 is 28.3 Å². The number of hydrogen-bond acceptors (Lipinski definition) is 1. The Kier molecular flexibility index (Phi) is 6.33. The van der Waals surface area contributed by atoms with Gasteiger partial charge in [0, 0.05) is 0 Å². The SMILES string of the molecule is CC1CCC(/C=C/c2ccc(OC(F)(F)c3cc(F)c(Cl)c(F)c3)cc2)CC1. The van der Waals surface area contributed by atoms with Crippen molar-refractivity contribution in [2.45, 2.75) is 38.7 Å². The van der Waals surface area contributed by atoms with Gasteiger partial charge in [0.05, 0.1) is 5.56 Å². The van der Waals surface area contributed by atoms with Crippen molar-refractivity contribution in [3.05, 3.63) is 70.3 Å². The minimum absolute atomic E-state index is 0.107. The Hall–Kier alpha value is -2.01. The second-order valence-electron chi connectivity index (χ2n) is 7.32. The van der Waals surface area contributed by atoms with E-state index in [1.165, 1.54) is 37.8 Å². The van der Waals surface area contributed by atoms with Gasteiger partial charge >= 0.3 is 6.11 Å². The van der Waals surface area contributed by atoms with Gasteiger partial charge in [0.25, 0.3) is 0 Å². The van der Waals surface area contributed by atoms with Crippen LogP contribution >= 0.6 is 11.6 Å². The van der Waals surface area contributed by atoms with Crippen LogP contribution in [-0.2, 0) is 6.11 Å². The predicted molar refractivity (Wildman–Crippen MR) is 102 cm³/mol. The highest BCUT2D eigenvalue weighted by Crippen LogP contribution is 2.34. The lowest BCUT2D eigenvalue weighted by Gasteiger charge is -2.23. The number of hydrogen-bond donors (Lipinski definition) is 0. The van der Waals surface area contributed by atoms with Crippen LogP contribution in [0, 0.1) is 23.5 Å². The van der Waals surface area contributed by atoms with Crippen LogP contribution in [-0.4, -0.2) is 0 Å². The standard InChI is InChI=1S/C22H21ClF4O/c1-14-2-4-15(5-3-14)6-7-16-8-10-18(11-9-16)28-22(26,27)17-12-19(24)21(23)20(25)13-17/h6-15H,2-5H2,1H3/b7-6+. The van der Waals surface area contributed by atoms with E-state index in [4.69, 9.17) is 11.6 Å². The first-order valence-corrected chi connectivity index (χ1v) is 9.62. The number of rotatable bonds is 5. The maximum absolute atomic E-state index is 14.2. The summed E-state index contributed by atoms with van der Waals surface area (Å²) in [6.07, 6.45) is 5.02. The van der Waals surface area contributed by atoms with Gasteiger partial charge in [0.15, 0.2) is 0 Å². The third-order valence-electron chi connectivity index (χ3n) is 5.07. The van der Waals surface area contributed by atoms with Crippen molar-refractivity contribution in [2.75, 3.05) is 0 Å². The molecule has 0 amide bonds. The van der Waals surface area contributed by atoms with Crippen LogP contribution in [0.3, 0.4) is 0 Å². The summed E-state index contributed by atoms with van der Waals surface area (Å²) in [5.41, 5.74) is -0.0692. The van der Waals surface area contributed by atoms with Gasteiger partial charge in [-0.2, -0.15) is 8.78 Å². The highest BCUT2D eigenvalue weighted by atomic mass is 35.5. The van der Waals surface area contributed by atoms with Gasteiger partial charge in [-0.1, -0.05) is 55.7 Å². The number of allylic oxidation sites excluding steroid dienone is 1. The molecular formula is C22H21ClF4O. The normalized spacial score (nSPS) is 20.5. The predicted octanol–water partition coefficient (Wildman–Crippen LogP) is 7.59. The van der Waals surface area contributed by atoms with Gasteiger partial charge < -0.3 is 4.74 Å². The molecule has 0 saturated heterocycles. The Morgan fingerprint density at radius 3 is 2.14 bits per heavy atom. The quantitative estimate of drug-likeness (QED) is 0.363. The van der Waals surface area contributed by atoms with Crippen LogP contribution in [0.1, 0.15) is 43.7 Å². The number of benzene rings is 2. The third-order valence-corrected chi connectivity index (χ3v) is 5.43. The Morgan fingerprint density at radius 1 is 1.00 bits per heavy atom. The van der Waals surface area contributed by atoms with E-state index in [2.05, 4.69) is 17.7 Å². The molecule has 0 atom stereocenters. The first-order valence-electron chi connectivity index (χ1n) is 9.24. The summed E-state index contributed by atoms with van der Waals surface area (Å²) < 4.78 is 60.1. The van der Waals surface area contributed by atoms with Gasteiger partial charge in [0.2, 0.25) is 0 Å². The zero-order valence-corrected chi connectivity index (χ0v) is 16.2. The smallest absolute Gasteiger partial charge is 0.426 e. The van der Waals surface area contributed by atoms with Crippen molar-refractivity contribution in [1.82, 2.24) is 0 Å². The summed E-state index contributed by atoms with van der Waals surface area (Å²) in [7, 11) is 0. The van der Waals surface area contributed by atoms with Gasteiger partial charge in [-0.25, -0.2) is 8.78 Å². The fraction of sp³-hybridized carbons (Fsp3) is 0.364. The molecule has 0 N–H and O–H groups in total. The summed E-state index contributed by atoms with van der Waals surface area (Å²) in [6.45, 7) is 2.27. The van der Waals surface area contributed by atoms with Crippen LogP contribution in [0.2, 0.25) is 5.02 Å². The molecule has 0 spiro atoms. The van der Waals surface area contributed by atoms with E-state index in [-0.39, 0.29) is 5.75 Å². The molecule has 0 aliphatic heterocycles. The molecule has 150 valence electrons. The molecule has 3 rings (SSSR count). The van der Waals surface area contributed by atoms with E-state index in [9.17, 15) is 17.6 Å². The lowest BCUT2D eigenvalue weighted by atomic mass is 9.83. The number of halogens is 5. The molecule has 6 heteroatoms. The molecule has 1 nitrogen and oxygen atoms in total. The summed E-state index contributed by atoms with van der Waals surface area (Å²) >= 11 is 5.33. The molecule has 0 unspecified atom stereocenters. The van der Waals surface area contributed by atoms with Crippen LogP contribution in [0.25, 0.3) is 6.08 Å². The highest BCUT2D eigenvalue weighted by Gasteiger charge is 2.36. The molecule has 1 fully saturated rings. The molecule has 2 aromatic rings. The van der Waals surface area contributed by atoms with E-state index in [0.717, 1.165) is 11.5 Å². The summed E-state index contributed by atoms with van der Waals surface area (Å²) in [4.78, 5) is 0. The van der Waals surface area contributed by atoms with Gasteiger partial charge in [-0.15, -0.1) is 0 Å². The van der Waals surface area contributed by atoms with E-state index >= 15 is 0 Å². The molecule has 0 aromatic heterocycles. The summed E-state index contributed by atoms with van der Waals surface area (Å²) in [5.74, 6) is -1.31. The van der Waals surface area contributed by atoms with Crippen molar-refractivity contribution < 1.29 is 22.3 Å². The minimum Gasteiger partial charge on any atom is -0.429 e. The fourth-order valence-electron chi connectivity index (χ4n) is 3.30. The lowest BCUT2D eigenvalue weighted by Crippen LogP contribution is -2.22. The minimum atomic E-state index is -3.90. The Balaban J connectivity index is 1.66. The van der Waals surface area contributed by atoms with Crippen molar-refractivity contribution >= 4 is 17.7 Å². The second-order valence-corrected chi connectivity index (χ2v) is 7.70. The van der Waals surface area contributed by atoms with E-state index in [1.54, 1.807) is 12.1 Å². The maximum atomic E-state index is 14.2. The van der Waals surface area contributed by atoms with Gasteiger partial charge in [0.1, 0.15) is 22.4 Å². The average molecular weight is 413 g/mol. The largest absolute Gasteiger partial charge is 0.429 e. The number of alkyl halides is 2. The van der Waals surface area contributed by atoms with Gasteiger partial charge in [-0.3, -0.25) is 0 Å². The zero-order valence-electron chi connectivity index (χ0n) is 15.4. The van der Waals surface area contributed by atoms with Crippen molar-refractivity contribution in [2.24, 2.45) is 11.8 Å². The fourth-order valence-corrected chi connectivity index (χ4v) is 3.41. The molecule has 1 saturated carbocycles. The summed E-state index contributed by atoms with van der Waals surface area (Å²) in [5, 5.41) is -0.830. The maximum Gasteiger partial charge on any atom is 0.426 e. The molecule has 1 aliphatic carbocycles. The van der Waals surface area contributed by atoms with Crippen LogP contribution < -0.4 is 4.74 Å². The highest BCUT2D eigenvalue weighted by molar-refractivity contribution is 6.30. The molecule has 1 aliphatic rings. The Bertz CT molecular complexity index is 817. The van der Waals surface area contributed by atoms with E-state index in [0.29, 0.717) is 18.1 Å². The second kappa shape index (κ2) is 8.56. The molecule has 0 bridgehead atoms. The first kappa shape index (κ1) is 20.7. The Labute approximate surface area is 167 Å². The zero-order chi connectivity index (χ0) is 20.3. The van der Waals surface area contributed by atoms with Crippen molar-refractivity contribution in [3.63, 3.8) is 0 Å². The molecule has 0 radical (unpaired) electrons. The van der Waals surface area contributed by atoms with Crippen molar-refractivity contribution in [1.29, 1.82) is 0 Å². The number of ether oxygens (including phenoxy) is 1.